The molecule has 1 aromatic carbocycles. The van der Waals surface area contributed by atoms with Gasteiger partial charge in [-0.1, -0.05) is 15.9 Å². The van der Waals surface area contributed by atoms with Gasteiger partial charge in [0.1, 0.15) is 11.6 Å². The van der Waals surface area contributed by atoms with Crippen LogP contribution in [0, 0.1) is 6.92 Å². The molecule has 1 aromatic heterocycles. The number of rotatable bonds is 5. The Balaban J connectivity index is 2.07. The smallest absolute Gasteiger partial charge is 0.153 e. The fourth-order valence-corrected chi connectivity index (χ4v) is 2.51. The average molecular weight is 323 g/mol. The number of aryl methyl sites for hydroxylation is 2. The van der Waals surface area contributed by atoms with Gasteiger partial charge in [0.05, 0.1) is 12.2 Å². The Kier molecular flexibility index (Phi) is 4.37. The van der Waals surface area contributed by atoms with Crippen LogP contribution < -0.4 is 4.74 Å². The van der Waals surface area contributed by atoms with Gasteiger partial charge in [-0.2, -0.15) is 0 Å². The summed E-state index contributed by atoms with van der Waals surface area (Å²) in [6, 6.07) is 3.69. The number of imidazole rings is 1. The Bertz CT molecular complexity index is 593. The van der Waals surface area contributed by atoms with E-state index >= 15 is 0 Å². The lowest BCUT2D eigenvalue weighted by atomic mass is 10.1. The molecule has 5 heteroatoms. The van der Waals surface area contributed by atoms with Crippen LogP contribution >= 0.6 is 15.9 Å². The first-order valence-corrected chi connectivity index (χ1v) is 6.75. The lowest BCUT2D eigenvalue weighted by molar-refractivity contribution is 0.111. The van der Waals surface area contributed by atoms with Crippen molar-refractivity contribution in [2.24, 2.45) is 7.05 Å². The lowest BCUT2D eigenvalue weighted by Gasteiger charge is -2.12. The van der Waals surface area contributed by atoms with Crippen LogP contribution in [0.3, 0.4) is 0 Å². The van der Waals surface area contributed by atoms with Gasteiger partial charge < -0.3 is 9.30 Å². The minimum atomic E-state index is 0.494. The van der Waals surface area contributed by atoms with E-state index in [-0.39, 0.29) is 0 Å². The Morgan fingerprint density at radius 2 is 2.26 bits per heavy atom. The van der Waals surface area contributed by atoms with Crippen LogP contribution in [0.4, 0.5) is 0 Å². The van der Waals surface area contributed by atoms with E-state index in [9.17, 15) is 4.79 Å². The highest BCUT2D eigenvalue weighted by molar-refractivity contribution is 9.10. The first-order chi connectivity index (χ1) is 9.11. The predicted molar refractivity (Wildman–Crippen MR) is 76.7 cm³/mol. The highest BCUT2D eigenvalue weighted by Gasteiger charge is 2.09. The molecule has 2 rings (SSSR count). The van der Waals surface area contributed by atoms with Crippen LogP contribution in [0.1, 0.15) is 21.7 Å². The second-order valence-electron chi connectivity index (χ2n) is 4.31. The zero-order chi connectivity index (χ0) is 13.8. The minimum Gasteiger partial charge on any atom is -0.492 e. The van der Waals surface area contributed by atoms with Gasteiger partial charge in [-0.25, -0.2) is 4.98 Å². The topological polar surface area (TPSA) is 44.1 Å². The first kappa shape index (κ1) is 13.8. The number of nitrogens with zero attached hydrogens (tertiary/aromatic N) is 2. The van der Waals surface area contributed by atoms with Crippen molar-refractivity contribution < 1.29 is 9.53 Å². The van der Waals surface area contributed by atoms with Gasteiger partial charge in [0.25, 0.3) is 0 Å². The van der Waals surface area contributed by atoms with Crippen molar-refractivity contribution in [1.29, 1.82) is 0 Å². The molecule has 100 valence electrons. The number of carbonyl (C=O) groups is 1. The predicted octanol–water partition coefficient (Wildman–Crippen LogP) is 2.93. The monoisotopic (exact) mass is 322 g/mol. The number of hydrogen-bond donors (Lipinski definition) is 0. The van der Waals surface area contributed by atoms with E-state index in [0.29, 0.717) is 24.3 Å². The van der Waals surface area contributed by atoms with Crippen molar-refractivity contribution >= 4 is 22.2 Å². The molecule has 0 saturated heterocycles. The van der Waals surface area contributed by atoms with Crippen LogP contribution in [0.5, 0.6) is 5.75 Å². The molecule has 0 aliphatic heterocycles. The molecule has 0 unspecified atom stereocenters. The number of carbonyl (C=O) groups excluding carboxylic acids is 1. The van der Waals surface area contributed by atoms with Crippen molar-refractivity contribution in [2.45, 2.75) is 13.3 Å². The Morgan fingerprint density at radius 3 is 2.89 bits per heavy atom. The molecule has 1 heterocycles. The summed E-state index contributed by atoms with van der Waals surface area (Å²) in [5, 5.41) is 0. The van der Waals surface area contributed by atoms with E-state index < -0.39 is 0 Å². The molecule has 0 atom stereocenters. The highest BCUT2D eigenvalue weighted by atomic mass is 79.9. The molecule has 0 fully saturated rings. The van der Waals surface area contributed by atoms with Gasteiger partial charge in [0.2, 0.25) is 0 Å². The van der Waals surface area contributed by atoms with E-state index in [1.807, 2.05) is 30.8 Å². The summed E-state index contributed by atoms with van der Waals surface area (Å²) in [5.41, 5.74) is 1.50. The summed E-state index contributed by atoms with van der Waals surface area (Å²) in [5.74, 6) is 1.61. The maximum Gasteiger partial charge on any atom is 0.153 e. The van der Waals surface area contributed by atoms with Crippen molar-refractivity contribution in [3.8, 4) is 5.75 Å². The third-order valence-corrected chi connectivity index (χ3v) is 3.35. The molecule has 2 aromatic rings. The number of halogens is 1. The molecule has 0 radical (unpaired) electrons. The summed E-state index contributed by atoms with van der Waals surface area (Å²) >= 11 is 3.37. The van der Waals surface area contributed by atoms with Crippen molar-refractivity contribution in [3.63, 3.8) is 0 Å². The van der Waals surface area contributed by atoms with E-state index in [1.165, 1.54) is 0 Å². The molecule has 0 aliphatic carbocycles. The number of hydrogen-bond acceptors (Lipinski definition) is 3. The number of aromatic nitrogens is 2. The molecule has 19 heavy (non-hydrogen) atoms. The Morgan fingerprint density at radius 1 is 1.47 bits per heavy atom. The van der Waals surface area contributed by atoms with E-state index in [2.05, 4.69) is 20.9 Å². The summed E-state index contributed by atoms with van der Waals surface area (Å²) in [4.78, 5) is 15.3. The molecule has 0 spiro atoms. The van der Waals surface area contributed by atoms with Crippen LogP contribution in [-0.4, -0.2) is 22.4 Å². The molecule has 0 N–H and O–H groups in total. The number of aldehydes is 1. The van der Waals surface area contributed by atoms with E-state index in [1.54, 1.807) is 12.3 Å². The Labute approximate surface area is 120 Å². The summed E-state index contributed by atoms with van der Waals surface area (Å²) in [6.45, 7) is 2.42. The zero-order valence-corrected chi connectivity index (χ0v) is 12.5. The van der Waals surface area contributed by atoms with Gasteiger partial charge >= 0.3 is 0 Å². The summed E-state index contributed by atoms with van der Waals surface area (Å²) < 4.78 is 8.57. The van der Waals surface area contributed by atoms with Gasteiger partial charge in [-0.3, -0.25) is 4.79 Å². The third-order valence-electron chi connectivity index (χ3n) is 2.89. The molecular formula is C14H15BrN2O2. The van der Waals surface area contributed by atoms with E-state index in [0.717, 1.165) is 22.1 Å². The molecule has 4 nitrogen and oxygen atoms in total. The van der Waals surface area contributed by atoms with Gasteiger partial charge in [0, 0.05) is 30.3 Å². The minimum absolute atomic E-state index is 0.494. The maximum atomic E-state index is 11.1. The fourth-order valence-electron chi connectivity index (χ4n) is 1.92. The quantitative estimate of drug-likeness (QED) is 0.795. The second kappa shape index (κ2) is 6.02. The lowest BCUT2D eigenvalue weighted by Crippen LogP contribution is -2.08. The highest BCUT2D eigenvalue weighted by Crippen LogP contribution is 2.26. The van der Waals surface area contributed by atoms with Crippen LogP contribution in [-0.2, 0) is 13.5 Å². The van der Waals surface area contributed by atoms with Crippen LogP contribution in [0.2, 0.25) is 0 Å². The van der Waals surface area contributed by atoms with Crippen molar-refractivity contribution in [3.05, 3.63) is 46.0 Å². The molecular weight excluding hydrogens is 308 g/mol. The van der Waals surface area contributed by atoms with Crippen molar-refractivity contribution in [1.82, 2.24) is 9.55 Å². The van der Waals surface area contributed by atoms with Gasteiger partial charge in [-0.15, -0.1) is 0 Å². The van der Waals surface area contributed by atoms with E-state index in [4.69, 9.17) is 4.74 Å². The first-order valence-electron chi connectivity index (χ1n) is 5.96. The summed E-state index contributed by atoms with van der Waals surface area (Å²) in [7, 11) is 1.95. The molecule has 0 amide bonds. The number of ether oxygens (including phenoxy) is 1. The number of benzene rings is 1. The van der Waals surface area contributed by atoms with Gasteiger partial charge in [-0.05, 0) is 24.6 Å². The van der Waals surface area contributed by atoms with Crippen LogP contribution in [0.15, 0.2) is 29.0 Å². The summed E-state index contributed by atoms with van der Waals surface area (Å²) in [6.07, 6.45) is 5.18. The average Bonchev–Trinajstić information content (AvgIpc) is 2.77. The zero-order valence-electron chi connectivity index (χ0n) is 10.9. The molecule has 0 aliphatic rings. The standard InChI is InChI=1S/C14H15BrN2O2/c1-10-7-12(15)8-11(9-18)14(10)19-6-3-13-16-4-5-17(13)2/h4-5,7-9H,3,6H2,1-2H3. The molecule has 0 saturated carbocycles. The Hall–Kier alpha value is -1.62. The van der Waals surface area contributed by atoms with Gasteiger partial charge in [0.15, 0.2) is 6.29 Å². The SMILES string of the molecule is Cc1cc(Br)cc(C=O)c1OCCc1nccn1C. The second-order valence-corrected chi connectivity index (χ2v) is 5.23. The normalized spacial score (nSPS) is 10.5. The maximum absolute atomic E-state index is 11.1. The van der Waals surface area contributed by atoms with Crippen molar-refractivity contribution in [2.75, 3.05) is 6.61 Å². The van der Waals surface area contributed by atoms with Crippen LogP contribution in [0.25, 0.3) is 0 Å². The largest absolute Gasteiger partial charge is 0.492 e. The fraction of sp³-hybridized carbons (Fsp3) is 0.286. The third kappa shape index (κ3) is 3.23. The molecule has 0 bridgehead atoms.